The maximum Gasteiger partial charge on any atom is 0.410 e. The Kier molecular flexibility index (Phi) is 17.4. The number of alkyl carbamates (subject to hydrolysis) is 1. The Hall–Kier alpha value is -2.76. The second-order valence-electron chi connectivity index (χ2n) is 12.8. The van der Waals surface area contributed by atoms with Gasteiger partial charge in [-0.15, -0.1) is 0 Å². The fraction of sp³-hybridized carbons (Fsp3) is 0.862. The molecular weight excluding hydrogens is 532 g/mol. The summed E-state index contributed by atoms with van der Waals surface area (Å²) in [5.41, 5.74) is -1.85. The number of hydrogen-bond acceptors (Lipinski definition) is 9. The molecule has 0 aliphatic heterocycles. The highest BCUT2D eigenvalue weighted by atomic mass is 16.6. The van der Waals surface area contributed by atoms with Crippen LogP contribution in [0.15, 0.2) is 0 Å². The van der Waals surface area contributed by atoms with Crippen molar-refractivity contribution >= 4 is 24.2 Å². The second kappa shape index (κ2) is 18.6. The van der Waals surface area contributed by atoms with Crippen molar-refractivity contribution in [1.82, 2.24) is 20.4 Å². The summed E-state index contributed by atoms with van der Waals surface area (Å²) >= 11 is 0. The Balaban J connectivity index is 4.94. The van der Waals surface area contributed by atoms with E-state index in [0.717, 1.165) is 0 Å². The molecule has 0 rings (SSSR count). The number of nitrogens with one attached hydrogen (secondary N) is 2. The standard InChI is InChI=1S/C29H56N4O8/c1-11-38-23(34)22-30-16-14-20-32(25(36)40-28(5,6)7)18-12-13-19-33(26(37)41-29(8,9)10)21-15-17-31-24(35)39-27(2,3)4/h30H,11-22H2,1-10H3,(H,31,35). The van der Waals surface area contributed by atoms with Gasteiger partial charge < -0.3 is 39.4 Å². The Labute approximate surface area is 247 Å². The summed E-state index contributed by atoms with van der Waals surface area (Å²) in [5.74, 6) is -0.313. The van der Waals surface area contributed by atoms with E-state index in [-0.39, 0.29) is 12.5 Å². The zero-order valence-electron chi connectivity index (χ0n) is 27.1. The average molecular weight is 589 g/mol. The number of amides is 3. The molecule has 0 bridgehead atoms. The molecule has 0 aromatic heterocycles. The van der Waals surface area contributed by atoms with Crippen molar-refractivity contribution < 1.29 is 38.1 Å². The summed E-state index contributed by atoms with van der Waals surface area (Å²) in [5, 5.41) is 5.73. The third kappa shape index (κ3) is 22.6. The lowest BCUT2D eigenvalue weighted by atomic mass is 10.2. The number of esters is 1. The van der Waals surface area contributed by atoms with Crippen molar-refractivity contribution in [2.45, 2.75) is 112 Å². The van der Waals surface area contributed by atoms with Crippen LogP contribution in [0, 0.1) is 0 Å². The Bertz CT molecular complexity index is 800. The second-order valence-corrected chi connectivity index (χ2v) is 12.8. The number of rotatable bonds is 16. The minimum absolute atomic E-state index is 0.119. The average Bonchev–Trinajstić information content (AvgIpc) is 2.78. The number of nitrogens with zero attached hydrogens (tertiary/aromatic N) is 2. The van der Waals surface area contributed by atoms with E-state index in [1.54, 1.807) is 37.5 Å². The summed E-state index contributed by atoms with van der Waals surface area (Å²) < 4.78 is 21.3. The number of carbonyl (C=O) groups is 4. The van der Waals surface area contributed by atoms with Crippen LogP contribution >= 0.6 is 0 Å². The van der Waals surface area contributed by atoms with E-state index in [0.29, 0.717) is 71.6 Å². The molecule has 0 radical (unpaired) electrons. The van der Waals surface area contributed by atoms with Gasteiger partial charge in [-0.1, -0.05) is 0 Å². The van der Waals surface area contributed by atoms with Crippen molar-refractivity contribution in [3.8, 4) is 0 Å². The van der Waals surface area contributed by atoms with Crippen LogP contribution in [0.2, 0.25) is 0 Å². The first-order valence-electron chi connectivity index (χ1n) is 14.6. The first-order valence-corrected chi connectivity index (χ1v) is 14.6. The summed E-state index contributed by atoms with van der Waals surface area (Å²) in [6, 6.07) is 0. The van der Waals surface area contributed by atoms with Gasteiger partial charge in [0, 0.05) is 32.7 Å². The van der Waals surface area contributed by atoms with Crippen LogP contribution in [0.1, 0.15) is 94.9 Å². The monoisotopic (exact) mass is 588 g/mol. The Morgan fingerprint density at radius 3 is 1.44 bits per heavy atom. The lowest BCUT2D eigenvalue weighted by Gasteiger charge is -2.29. The molecule has 240 valence electrons. The minimum Gasteiger partial charge on any atom is -0.465 e. The van der Waals surface area contributed by atoms with Crippen LogP contribution in [0.4, 0.5) is 14.4 Å². The van der Waals surface area contributed by atoms with E-state index < -0.39 is 35.1 Å². The van der Waals surface area contributed by atoms with E-state index in [1.165, 1.54) is 0 Å². The van der Waals surface area contributed by atoms with E-state index in [1.807, 2.05) is 41.5 Å². The molecule has 3 amide bonds. The Morgan fingerprint density at radius 2 is 1.02 bits per heavy atom. The highest BCUT2D eigenvalue weighted by Crippen LogP contribution is 2.13. The van der Waals surface area contributed by atoms with Gasteiger partial charge in [-0.05, 0) is 101 Å². The van der Waals surface area contributed by atoms with Crippen LogP contribution in [-0.4, -0.2) is 103 Å². The minimum atomic E-state index is -0.640. The van der Waals surface area contributed by atoms with Crippen LogP contribution in [0.25, 0.3) is 0 Å². The van der Waals surface area contributed by atoms with Gasteiger partial charge in [-0.25, -0.2) is 14.4 Å². The lowest BCUT2D eigenvalue weighted by Crippen LogP contribution is -2.40. The zero-order valence-corrected chi connectivity index (χ0v) is 27.1. The van der Waals surface area contributed by atoms with Crippen LogP contribution in [0.3, 0.4) is 0 Å². The Morgan fingerprint density at radius 1 is 0.610 bits per heavy atom. The van der Waals surface area contributed by atoms with Crippen molar-refractivity contribution in [2.75, 3.05) is 52.4 Å². The van der Waals surface area contributed by atoms with E-state index >= 15 is 0 Å². The third-order valence-electron chi connectivity index (χ3n) is 5.04. The largest absolute Gasteiger partial charge is 0.465 e. The molecule has 0 heterocycles. The van der Waals surface area contributed by atoms with Gasteiger partial charge in [0.25, 0.3) is 0 Å². The normalized spacial score (nSPS) is 11.9. The topological polar surface area (TPSA) is 136 Å². The van der Waals surface area contributed by atoms with Gasteiger partial charge in [0.1, 0.15) is 16.8 Å². The molecule has 2 N–H and O–H groups in total. The van der Waals surface area contributed by atoms with Crippen LogP contribution < -0.4 is 10.6 Å². The van der Waals surface area contributed by atoms with Crippen molar-refractivity contribution in [3.05, 3.63) is 0 Å². The molecule has 0 saturated heterocycles. The van der Waals surface area contributed by atoms with Gasteiger partial charge in [-0.2, -0.15) is 0 Å². The van der Waals surface area contributed by atoms with Gasteiger partial charge in [0.15, 0.2) is 0 Å². The quantitative estimate of drug-likeness (QED) is 0.149. The molecule has 0 aromatic carbocycles. The fourth-order valence-electron chi connectivity index (χ4n) is 3.42. The molecular formula is C29H56N4O8. The molecule has 0 aliphatic rings. The summed E-state index contributed by atoms with van der Waals surface area (Å²) in [4.78, 5) is 52.3. The number of hydrogen-bond donors (Lipinski definition) is 2. The molecule has 0 aromatic rings. The number of carbonyl (C=O) groups excluding carboxylic acids is 4. The first-order chi connectivity index (χ1) is 18.8. The molecule has 0 aliphatic carbocycles. The molecule has 0 fully saturated rings. The van der Waals surface area contributed by atoms with E-state index in [4.69, 9.17) is 18.9 Å². The van der Waals surface area contributed by atoms with Crippen LogP contribution in [-0.2, 0) is 23.7 Å². The SMILES string of the molecule is CCOC(=O)CNCCCN(CCCCN(CCCNC(=O)OC(C)(C)C)C(=O)OC(C)(C)C)C(=O)OC(C)(C)C. The molecule has 12 heteroatoms. The lowest BCUT2D eigenvalue weighted by molar-refractivity contribution is -0.142. The van der Waals surface area contributed by atoms with Crippen LogP contribution in [0.5, 0.6) is 0 Å². The van der Waals surface area contributed by atoms with Gasteiger partial charge in [0.05, 0.1) is 13.2 Å². The van der Waals surface area contributed by atoms with Gasteiger partial charge in [0.2, 0.25) is 0 Å². The fourth-order valence-corrected chi connectivity index (χ4v) is 3.42. The highest BCUT2D eigenvalue weighted by molar-refractivity contribution is 5.71. The maximum atomic E-state index is 12.8. The van der Waals surface area contributed by atoms with E-state index in [2.05, 4.69) is 10.6 Å². The third-order valence-corrected chi connectivity index (χ3v) is 5.04. The smallest absolute Gasteiger partial charge is 0.410 e. The van der Waals surface area contributed by atoms with Crippen molar-refractivity contribution in [1.29, 1.82) is 0 Å². The van der Waals surface area contributed by atoms with Crippen molar-refractivity contribution in [2.24, 2.45) is 0 Å². The molecule has 0 spiro atoms. The summed E-state index contributed by atoms with van der Waals surface area (Å²) in [6.07, 6.45) is 1.12. The highest BCUT2D eigenvalue weighted by Gasteiger charge is 2.24. The van der Waals surface area contributed by atoms with Gasteiger partial charge >= 0.3 is 24.2 Å². The molecule has 0 atom stereocenters. The maximum absolute atomic E-state index is 12.8. The van der Waals surface area contributed by atoms with Crippen molar-refractivity contribution in [3.63, 3.8) is 0 Å². The first kappa shape index (κ1) is 38.2. The zero-order chi connectivity index (χ0) is 31.7. The molecule has 0 unspecified atom stereocenters. The summed E-state index contributed by atoms with van der Waals surface area (Å²) in [7, 11) is 0. The number of ether oxygens (including phenoxy) is 4. The summed E-state index contributed by atoms with van der Waals surface area (Å²) in [6.45, 7) is 21.1. The predicted molar refractivity (Wildman–Crippen MR) is 158 cm³/mol. The number of unbranched alkanes of at least 4 members (excludes halogenated alkanes) is 1. The molecule has 41 heavy (non-hydrogen) atoms. The predicted octanol–water partition coefficient (Wildman–Crippen LogP) is 4.70. The van der Waals surface area contributed by atoms with E-state index in [9.17, 15) is 19.2 Å². The molecule has 0 saturated carbocycles. The van der Waals surface area contributed by atoms with Gasteiger partial charge in [-0.3, -0.25) is 4.79 Å². The molecule has 12 nitrogen and oxygen atoms in total.